The molecule has 1 aromatic carbocycles. The zero-order valence-electron chi connectivity index (χ0n) is 15.0. The maximum Gasteiger partial charge on any atom is 0.213 e. The van der Waals surface area contributed by atoms with Gasteiger partial charge >= 0.3 is 0 Å². The smallest absolute Gasteiger partial charge is 0.213 e. The van der Waals surface area contributed by atoms with E-state index in [1.807, 2.05) is 49.4 Å². The van der Waals surface area contributed by atoms with Crippen molar-refractivity contribution >= 4 is 5.96 Å². The standard InChI is InChI=1S/C19H26N4O2/c1-15(13-24-3)23-19(20-2)22-12-17-9-10-21-18(11-17)25-14-16-7-5-4-6-8-16/h4-11,15H,12-14H2,1-3H3,(H2,20,22,23). The van der Waals surface area contributed by atoms with Crippen LogP contribution in [-0.2, 0) is 17.9 Å². The Hall–Kier alpha value is -2.60. The normalized spacial score (nSPS) is 12.5. The number of ether oxygens (including phenoxy) is 2. The minimum Gasteiger partial charge on any atom is -0.473 e. The molecule has 1 unspecified atom stereocenters. The summed E-state index contributed by atoms with van der Waals surface area (Å²) in [5.41, 5.74) is 2.19. The Morgan fingerprint density at radius 3 is 2.72 bits per heavy atom. The predicted molar refractivity (Wildman–Crippen MR) is 99.7 cm³/mol. The summed E-state index contributed by atoms with van der Waals surface area (Å²) >= 11 is 0. The summed E-state index contributed by atoms with van der Waals surface area (Å²) in [6.45, 7) is 3.79. The third kappa shape index (κ3) is 6.81. The molecule has 134 valence electrons. The van der Waals surface area contributed by atoms with E-state index in [2.05, 4.69) is 20.6 Å². The van der Waals surface area contributed by atoms with Crippen LogP contribution < -0.4 is 15.4 Å². The Kier molecular flexibility index (Phi) is 7.72. The van der Waals surface area contributed by atoms with Gasteiger partial charge in [-0.25, -0.2) is 4.98 Å². The third-order valence-corrected chi connectivity index (χ3v) is 3.51. The number of hydrogen-bond donors (Lipinski definition) is 2. The van der Waals surface area contributed by atoms with Gasteiger partial charge in [-0.1, -0.05) is 30.3 Å². The van der Waals surface area contributed by atoms with Gasteiger partial charge in [-0.15, -0.1) is 0 Å². The van der Waals surface area contributed by atoms with E-state index in [-0.39, 0.29) is 6.04 Å². The van der Waals surface area contributed by atoms with Gasteiger partial charge in [-0.3, -0.25) is 4.99 Å². The Morgan fingerprint density at radius 2 is 2.00 bits per heavy atom. The van der Waals surface area contributed by atoms with Gasteiger partial charge in [0.05, 0.1) is 6.61 Å². The fraction of sp³-hybridized carbons (Fsp3) is 0.368. The zero-order valence-corrected chi connectivity index (χ0v) is 15.0. The number of nitrogens with zero attached hydrogens (tertiary/aromatic N) is 2. The van der Waals surface area contributed by atoms with Crippen molar-refractivity contribution in [3.63, 3.8) is 0 Å². The van der Waals surface area contributed by atoms with Crippen LogP contribution in [0, 0.1) is 0 Å². The molecule has 6 heteroatoms. The fourth-order valence-corrected chi connectivity index (χ4v) is 2.28. The van der Waals surface area contributed by atoms with Gasteiger partial charge in [-0.05, 0) is 24.1 Å². The van der Waals surface area contributed by atoms with Crippen molar-refractivity contribution in [2.75, 3.05) is 20.8 Å². The summed E-state index contributed by atoms with van der Waals surface area (Å²) < 4.78 is 10.9. The van der Waals surface area contributed by atoms with Crippen molar-refractivity contribution in [1.29, 1.82) is 0 Å². The highest BCUT2D eigenvalue weighted by molar-refractivity contribution is 5.79. The third-order valence-electron chi connectivity index (χ3n) is 3.51. The number of hydrogen-bond acceptors (Lipinski definition) is 4. The second-order valence-electron chi connectivity index (χ2n) is 5.70. The van der Waals surface area contributed by atoms with E-state index < -0.39 is 0 Å². The molecule has 2 rings (SSSR count). The molecule has 0 aliphatic heterocycles. The monoisotopic (exact) mass is 342 g/mol. The molecule has 1 heterocycles. The Balaban J connectivity index is 1.86. The van der Waals surface area contributed by atoms with E-state index in [0.717, 1.165) is 17.1 Å². The van der Waals surface area contributed by atoms with Crippen LogP contribution in [0.25, 0.3) is 0 Å². The minimum atomic E-state index is 0.179. The number of aliphatic imine (C=N–C) groups is 1. The van der Waals surface area contributed by atoms with Crippen LogP contribution in [0.1, 0.15) is 18.1 Å². The van der Waals surface area contributed by atoms with E-state index in [0.29, 0.717) is 25.6 Å². The molecular formula is C19H26N4O2. The van der Waals surface area contributed by atoms with Gasteiger partial charge in [-0.2, -0.15) is 0 Å². The van der Waals surface area contributed by atoms with Crippen LogP contribution in [0.4, 0.5) is 0 Å². The molecule has 0 spiro atoms. The molecule has 25 heavy (non-hydrogen) atoms. The van der Waals surface area contributed by atoms with E-state index in [9.17, 15) is 0 Å². The second-order valence-corrected chi connectivity index (χ2v) is 5.70. The first-order valence-electron chi connectivity index (χ1n) is 8.29. The number of aromatic nitrogens is 1. The van der Waals surface area contributed by atoms with Crippen LogP contribution in [0.3, 0.4) is 0 Å². The zero-order chi connectivity index (χ0) is 17.9. The lowest BCUT2D eigenvalue weighted by molar-refractivity contribution is 0.179. The van der Waals surface area contributed by atoms with Gasteiger partial charge in [0.25, 0.3) is 0 Å². The summed E-state index contributed by atoms with van der Waals surface area (Å²) in [6.07, 6.45) is 1.75. The van der Waals surface area contributed by atoms with Gasteiger partial charge < -0.3 is 20.1 Å². The molecule has 6 nitrogen and oxygen atoms in total. The predicted octanol–water partition coefficient (Wildman–Crippen LogP) is 2.36. The van der Waals surface area contributed by atoms with Gasteiger partial charge in [0.15, 0.2) is 5.96 Å². The molecule has 2 aromatic rings. The minimum absolute atomic E-state index is 0.179. The van der Waals surface area contributed by atoms with Crippen LogP contribution in [0.15, 0.2) is 53.7 Å². The van der Waals surface area contributed by atoms with Crippen LogP contribution in [0.2, 0.25) is 0 Å². The summed E-state index contributed by atoms with van der Waals surface area (Å²) in [5.74, 6) is 1.34. The molecule has 0 saturated carbocycles. The quantitative estimate of drug-likeness (QED) is 0.569. The molecule has 0 saturated heterocycles. The number of methoxy groups -OCH3 is 1. The Bertz CT molecular complexity index is 661. The van der Waals surface area contributed by atoms with Crippen LogP contribution in [0.5, 0.6) is 5.88 Å². The second kappa shape index (κ2) is 10.3. The first kappa shape index (κ1) is 18.7. The highest BCUT2D eigenvalue weighted by atomic mass is 16.5. The molecule has 0 fully saturated rings. The number of rotatable bonds is 8. The lowest BCUT2D eigenvalue weighted by Crippen LogP contribution is -2.43. The average molecular weight is 342 g/mol. The van der Waals surface area contributed by atoms with Gasteiger partial charge in [0.1, 0.15) is 6.61 Å². The topological polar surface area (TPSA) is 67.8 Å². The SMILES string of the molecule is CN=C(NCc1ccnc(OCc2ccccc2)c1)NC(C)COC. The Morgan fingerprint density at radius 1 is 1.20 bits per heavy atom. The molecule has 2 N–H and O–H groups in total. The van der Waals surface area contributed by atoms with Gasteiger partial charge in [0, 0.05) is 39.0 Å². The average Bonchev–Trinajstić information content (AvgIpc) is 2.65. The first-order chi connectivity index (χ1) is 12.2. The molecule has 0 radical (unpaired) electrons. The molecule has 1 atom stereocenters. The maximum absolute atomic E-state index is 5.76. The van der Waals surface area contributed by atoms with Crippen molar-refractivity contribution in [1.82, 2.24) is 15.6 Å². The van der Waals surface area contributed by atoms with E-state index in [1.54, 1.807) is 20.4 Å². The summed E-state index contributed by atoms with van der Waals surface area (Å²) in [7, 11) is 3.43. The first-order valence-corrected chi connectivity index (χ1v) is 8.29. The summed E-state index contributed by atoms with van der Waals surface area (Å²) in [4.78, 5) is 8.48. The van der Waals surface area contributed by atoms with Gasteiger partial charge in [0.2, 0.25) is 5.88 Å². The molecule has 0 amide bonds. The van der Waals surface area contributed by atoms with E-state index >= 15 is 0 Å². The largest absolute Gasteiger partial charge is 0.473 e. The highest BCUT2D eigenvalue weighted by Crippen LogP contribution is 2.11. The number of pyridine rings is 1. The van der Waals surface area contributed by atoms with Crippen LogP contribution in [-0.4, -0.2) is 37.7 Å². The number of nitrogens with one attached hydrogen (secondary N) is 2. The van der Waals surface area contributed by atoms with Crippen LogP contribution >= 0.6 is 0 Å². The van der Waals surface area contributed by atoms with Crippen molar-refractivity contribution in [3.8, 4) is 5.88 Å². The number of benzene rings is 1. The molecule has 0 aliphatic rings. The van der Waals surface area contributed by atoms with E-state index in [1.165, 1.54) is 0 Å². The Labute approximate surface area is 149 Å². The fourth-order valence-electron chi connectivity index (χ4n) is 2.28. The van der Waals surface area contributed by atoms with Crippen molar-refractivity contribution in [2.24, 2.45) is 4.99 Å². The van der Waals surface area contributed by atoms with E-state index in [4.69, 9.17) is 9.47 Å². The summed E-state index contributed by atoms with van der Waals surface area (Å²) in [6, 6.07) is 14.1. The van der Waals surface area contributed by atoms with Crippen molar-refractivity contribution < 1.29 is 9.47 Å². The lowest BCUT2D eigenvalue weighted by Gasteiger charge is -2.17. The summed E-state index contributed by atoms with van der Waals surface area (Å²) in [5, 5.41) is 6.54. The molecule has 1 aromatic heterocycles. The number of guanidine groups is 1. The maximum atomic E-state index is 5.76. The molecular weight excluding hydrogens is 316 g/mol. The lowest BCUT2D eigenvalue weighted by atomic mass is 10.2. The molecule has 0 aliphatic carbocycles. The highest BCUT2D eigenvalue weighted by Gasteiger charge is 2.05. The van der Waals surface area contributed by atoms with Crippen molar-refractivity contribution in [2.45, 2.75) is 26.1 Å². The molecule has 0 bridgehead atoms. The van der Waals surface area contributed by atoms with Crippen molar-refractivity contribution in [3.05, 3.63) is 59.8 Å².